The van der Waals surface area contributed by atoms with E-state index in [0.717, 1.165) is 0 Å². The SMILES string of the molecule is CCC(O)NC(=O)OC(O)CC. The van der Waals surface area contributed by atoms with Gasteiger partial charge in [-0.1, -0.05) is 13.8 Å². The Kier molecular flexibility index (Phi) is 5.40. The highest BCUT2D eigenvalue weighted by molar-refractivity contribution is 5.67. The molecule has 0 spiro atoms. The molecule has 0 aromatic carbocycles. The van der Waals surface area contributed by atoms with Crippen LogP contribution in [0.4, 0.5) is 4.79 Å². The largest absolute Gasteiger partial charge is 0.420 e. The zero-order chi connectivity index (χ0) is 9.56. The Morgan fingerprint density at radius 2 is 2.00 bits per heavy atom. The average molecular weight is 177 g/mol. The fourth-order valence-corrected chi connectivity index (χ4v) is 0.479. The van der Waals surface area contributed by atoms with Gasteiger partial charge in [0.05, 0.1) is 0 Å². The normalized spacial score (nSPS) is 15.0. The number of rotatable bonds is 4. The van der Waals surface area contributed by atoms with Gasteiger partial charge in [0.2, 0.25) is 6.29 Å². The molecule has 5 heteroatoms. The first-order chi connectivity index (χ1) is 5.60. The van der Waals surface area contributed by atoms with E-state index >= 15 is 0 Å². The van der Waals surface area contributed by atoms with Gasteiger partial charge >= 0.3 is 6.09 Å². The van der Waals surface area contributed by atoms with Gasteiger partial charge in [0.25, 0.3) is 0 Å². The molecule has 1 amide bonds. The Morgan fingerprint density at radius 3 is 2.42 bits per heavy atom. The van der Waals surface area contributed by atoms with Crippen molar-refractivity contribution in [2.45, 2.75) is 39.2 Å². The molecule has 0 saturated carbocycles. The van der Waals surface area contributed by atoms with Crippen molar-refractivity contribution in [1.82, 2.24) is 5.32 Å². The van der Waals surface area contributed by atoms with E-state index in [1.807, 2.05) is 0 Å². The molecule has 0 rings (SSSR count). The first-order valence-electron chi connectivity index (χ1n) is 3.93. The van der Waals surface area contributed by atoms with E-state index in [9.17, 15) is 4.79 Å². The van der Waals surface area contributed by atoms with Crippen LogP contribution in [-0.4, -0.2) is 28.8 Å². The van der Waals surface area contributed by atoms with Crippen molar-refractivity contribution in [3.05, 3.63) is 0 Å². The molecule has 0 saturated heterocycles. The van der Waals surface area contributed by atoms with Gasteiger partial charge in [0.15, 0.2) is 0 Å². The molecular weight excluding hydrogens is 162 g/mol. The number of nitrogens with one attached hydrogen (secondary N) is 1. The van der Waals surface area contributed by atoms with Crippen LogP contribution < -0.4 is 5.32 Å². The summed E-state index contributed by atoms with van der Waals surface area (Å²) in [6.07, 6.45) is -2.10. The minimum Gasteiger partial charge on any atom is -0.420 e. The van der Waals surface area contributed by atoms with Gasteiger partial charge in [-0.2, -0.15) is 0 Å². The maximum Gasteiger partial charge on any atom is 0.411 e. The molecule has 72 valence electrons. The van der Waals surface area contributed by atoms with Crippen LogP contribution in [0, 0.1) is 0 Å². The molecule has 5 nitrogen and oxygen atoms in total. The summed E-state index contributed by atoms with van der Waals surface area (Å²) >= 11 is 0. The summed E-state index contributed by atoms with van der Waals surface area (Å²) in [5.41, 5.74) is 0. The molecule has 0 fully saturated rings. The monoisotopic (exact) mass is 177 g/mol. The summed E-state index contributed by atoms with van der Waals surface area (Å²) in [5, 5.41) is 19.9. The van der Waals surface area contributed by atoms with E-state index in [-0.39, 0.29) is 0 Å². The molecule has 0 aliphatic carbocycles. The van der Waals surface area contributed by atoms with Crippen molar-refractivity contribution in [1.29, 1.82) is 0 Å². The highest BCUT2D eigenvalue weighted by Gasteiger charge is 2.10. The van der Waals surface area contributed by atoms with E-state index in [0.29, 0.717) is 12.8 Å². The highest BCUT2D eigenvalue weighted by atomic mass is 16.6. The lowest BCUT2D eigenvalue weighted by atomic mass is 10.4. The molecule has 0 aromatic rings. The van der Waals surface area contributed by atoms with Gasteiger partial charge in [0, 0.05) is 6.42 Å². The van der Waals surface area contributed by atoms with Crippen molar-refractivity contribution >= 4 is 6.09 Å². The Hall–Kier alpha value is -0.810. The third-order valence-electron chi connectivity index (χ3n) is 1.26. The van der Waals surface area contributed by atoms with Gasteiger partial charge in [0.1, 0.15) is 6.23 Å². The van der Waals surface area contributed by atoms with Crippen LogP contribution in [0.3, 0.4) is 0 Å². The van der Waals surface area contributed by atoms with Crippen molar-refractivity contribution < 1.29 is 19.7 Å². The predicted octanol–water partition coefficient (Wildman–Crippen LogP) is 0.169. The third kappa shape index (κ3) is 4.92. The van der Waals surface area contributed by atoms with Gasteiger partial charge in [-0.25, -0.2) is 4.79 Å². The van der Waals surface area contributed by atoms with Crippen LogP contribution in [0.15, 0.2) is 0 Å². The van der Waals surface area contributed by atoms with Crippen LogP contribution in [0.2, 0.25) is 0 Å². The number of aliphatic hydroxyl groups is 2. The van der Waals surface area contributed by atoms with Gasteiger partial charge in [-0.3, -0.25) is 5.32 Å². The minimum absolute atomic E-state index is 0.329. The standard InChI is InChI=1S/C7H15NO4/c1-3-5(9)8-7(11)12-6(10)4-2/h5-6,9-10H,3-4H2,1-2H3,(H,8,11). The lowest BCUT2D eigenvalue weighted by Crippen LogP contribution is -2.36. The second-order valence-corrected chi connectivity index (χ2v) is 2.34. The Balaban J connectivity index is 3.59. The predicted molar refractivity (Wildman–Crippen MR) is 42.2 cm³/mol. The molecule has 0 aliphatic heterocycles. The minimum atomic E-state index is -1.10. The molecule has 0 bridgehead atoms. The Labute approximate surface area is 71.3 Å². The number of aliphatic hydroxyl groups excluding tert-OH is 2. The van der Waals surface area contributed by atoms with Gasteiger partial charge in [-0.05, 0) is 6.42 Å². The lowest BCUT2D eigenvalue weighted by molar-refractivity contribution is -0.0576. The lowest BCUT2D eigenvalue weighted by Gasteiger charge is -2.13. The van der Waals surface area contributed by atoms with Gasteiger partial charge < -0.3 is 14.9 Å². The summed E-state index contributed by atoms with van der Waals surface area (Å²) in [4.78, 5) is 10.7. The maximum atomic E-state index is 10.7. The molecule has 2 atom stereocenters. The van der Waals surface area contributed by atoms with E-state index in [1.165, 1.54) is 0 Å². The fraction of sp³-hybridized carbons (Fsp3) is 0.857. The molecular formula is C7H15NO4. The van der Waals surface area contributed by atoms with Crippen LogP contribution in [-0.2, 0) is 4.74 Å². The Morgan fingerprint density at radius 1 is 1.42 bits per heavy atom. The third-order valence-corrected chi connectivity index (χ3v) is 1.26. The zero-order valence-corrected chi connectivity index (χ0v) is 7.28. The highest BCUT2D eigenvalue weighted by Crippen LogP contribution is 1.94. The molecule has 0 heterocycles. The number of hydrogen-bond donors (Lipinski definition) is 3. The first-order valence-corrected chi connectivity index (χ1v) is 3.93. The number of ether oxygens (including phenoxy) is 1. The number of hydrogen-bond acceptors (Lipinski definition) is 4. The van der Waals surface area contributed by atoms with Gasteiger partial charge in [-0.15, -0.1) is 0 Å². The zero-order valence-electron chi connectivity index (χ0n) is 7.28. The van der Waals surface area contributed by atoms with Crippen LogP contribution >= 0.6 is 0 Å². The molecule has 0 aliphatic rings. The summed E-state index contributed by atoms with van der Waals surface area (Å²) in [5.74, 6) is 0. The summed E-state index contributed by atoms with van der Waals surface area (Å²) < 4.78 is 4.42. The van der Waals surface area contributed by atoms with Crippen molar-refractivity contribution in [3.8, 4) is 0 Å². The second-order valence-electron chi connectivity index (χ2n) is 2.34. The smallest absolute Gasteiger partial charge is 0.411 e. The van der Waals surface area contributed by atoms with Crippen LogP contribution in [0.25, 0.3) is 0 Å². The number of alkyl carbamates (subject to hydrolysis) is 1. The average Bonchev–Trinajstić information content (AvgIpc) is 2.03. The molecule has 0 aromatic heterocycles. The fourth-order valence-electron chi connectivity index (χ4n) is 0.479. The first kappa shape index (κ1) is 11.2. The van der Waals surface area contributed by atoms with E-state index in [4.69, 9.17) is 10.2 Å². The van der Waals surface area contributed by atoms with Crippen molar-refractivity contribution in [3.63, 3.8) is 0 Å². The molecule has 12 heavy (non-hydrogen) atoms. The summed E-state index contributed by atoms with van der Waals surface area (Å²) in [6.45, 7) is 3.38. The van der Waals surface area contributed by atoms with Crippen LogP contribution in [0.1, 0.15) is 26.7 Å². The van der Waals surface area contributed by atoms with E-state index < -0.39 is 18.6 Å². The molecule has 2 unspecified atom stereocenters. The quantitative estimate of drug-likeness (QED) is 0.535. The topological polar surface area (TPSA) is 78.8 Å². The maximum absolute atomic E-state index is 10.7. The summed E-state index contributed by atoms with van der Waals surface area (Å²) in [7, 11) is 0. The number of carbonyl (C=O) groups excluding carboxylic acids is 1. The van der Waals surface area contributed by atoms with Crippen molar-refractivity contribution in [2.75, 3.05) is 0 Å². The number of carbonyl (C=O) groups is 1. The van der Waals surface area contributed by atoms with E-state index in [1.54, 1.807) is 13.8 Å². The van der Waals surface area contributed by atoms with Crippen molar-refractivity contribution in [2.24, 2.45) is 0 Å². The number of amides is 1. The Bertz CT molecular complexity index is 125. The van der Waals surface area contributed by atoms with E-state index in [2.05, 4.69) is 10.1 Å². The molecule has 3 N–H and O–H groups in total. The molecule has 0 radical (unpaired) electrons. The van der Waals surface area contributed by atoms with Crippen LogP contribution in [0.5, 0.6) is 0 Å². The summed E-state index contributed by atoms with van der Waals surface area (Å²) in [6, 6.07) is 0. The second kappa shape index (κ2) is 5.79.